The minimum atomic E-state index is -0.155. The Morgan fingerprint density at radius 1 is 1.35 bits per heavy atom. The van der Waals surface area contributed by atoms with Crippen molar-refractivity contribution >= 4 is 18.0 Å². The maximum atomic E-state index is 11.5. The van der Waals surface area contributed by atoms with Crippen molar-refractivity contribution in [2.24, 2.45) is 0 Å². The summed E-state index contributed by atoms with van der Waals surface area (Å²) in [5, 5.41) is 2.77. The van der Waals surface area contributed by atoms with Gasteiger partial charge in [-0.25, -0.2) is 0 Å². The lowest BCUT2D eigenvalue weighted by Gasteiger charge is -2.03. The van der Waals surface area contributed by atoms with Gasteiger partial charge in [0.2, 0.25) is 5.91 Å². The van der Waals surface area contributed by atoms with Crippen LogP contribution in [0.5, 0.6) is 0 Å². The van der Waals surface area contributed by atoms with Crippen LogP contribution in [0.4, 0.5) is 0 Å². The Morgan fingerprint density at radius 2 is 2.20 bits per heavy atom. The van der Waals surface area contributed by atoms with E-state index in [4.69, 9.17) is 9.15 Å². The highest BCUT2D eigenvalue weighted by Crippen LogP contribution is 2.02. The summed E-state index contributed by atoms with van der Waals surface area (Å²) in [6.07, 6.45) is 7.59. The van der Waals surface area contributed by atoms with Crippen molar-refractivity contribution in [2.75, 3.05) is 13.2 Å². The van der Waals surface area contributed by atoms with Crippen molar-refractivity contribution in [1.29, 1.82) is 0 Å². The molecule has 0 aliphatic heterocycles. The number of rotatable bonds is 9. The maximum Gasteiger partial charge on any atom is 0.305 e. The van der Waals surface area contributed by atoms with Crippen LogP contribution in [-0.2, 0) is 14.3 Å². The van der Waals surface area contributed by atoms with Crippen LogP contribution >= 0.6 is 0 Å². The molecule has 5 heteroatoms. The van der Waals surface area contributed by atoms with Crippen molar-refractivity contribution < 1.29 is 18.7 Å². The molecule has 0 bridgehead atoms. The Hall–Kier alpha value is -2.04. The second-order valence-corrected chi connectivity index (χ2v) is 4.26. The molecule has 0 fully saturated rings. The molecular formula is C15H21NO4. The highest BCUT2D eigenvalue weighted by Gasteiger charge is 2.01. The van der Waals surface area contributed by atoms with Crippen LogP contribution in [-0.4, -0.2) is 25.0 Å². The first kappa shape index (κ1) is 16.0. The van der Waals surface area contributed by atoms with E-state index >= 15 is 0 Å². The molecule has 20 heavy (non-hydrogen) atoms. The SMILES string of the molecule is CCOC(=O)CCCCCNC(=O)/C=C/c1ccco1. The Labute approximate surface area is 119 Å². The zero-order valence-electron chi connectivity index (χ0n) is 11.8. The number of hydrogen-bond donors (Lipinski definition) is 1. The molecule has 0 atom stereocenters. The second-order valence-electron chi connectivity index (χ2n) is 4.26. The first-order valence-corrected chi connectivity index (χ1v) is 6.87. The molecule has 0 saturated heterocycles. The van der Waals surface area contributed by atoms with E-state index < -0.39 is 0 Å². The highest BCUT2D eigenvalue weighted by atomic mass is 16.5. The molecule has 0 aliphatic rings. The van der Waals surface area contributed by atoms with Gasteiger partial charge in [-0.05, 0) is 38.0 Å². The third kappa shape index (κ3) is 7.41. The minimum Gasteiger partial charge on any atom is -0.466 e. The molecule has 0 unspecified atom stereocenters. The maximum absolute atomic E-state index is 11.5. The number of hydrogen-bond acceptors (Lipinski definition) is 4. The molecule has 1 aromatic heterocycles. The Balaban J connectivity index is 2.01. The lowest BCUT2D eigenvalue weighted by Crippen LogP contribution is -2.22. The average molecular weight is 279 g/mol. The average Bonchev–Trinajstić information content (AvgIpc) is 2.94. The van der Waals surface area contributed by atoms with Crippen LogP contribution in [0.2, 0.25) is 0 Å². The van der Waals surface area contributed by atoms with Crippen molar-refractivity contribution in [3.8, 4) is 0 Å². The smallest absolute Gasteiger partial charge is 0.305 e. The minimum absolute atomic E-state index is 0.146. The standard InChI is InChI=1S/C15H21NO4/c1-2-19-15(18)8-4-3-5-11-16-14(17)10-9-13-7-6-12-20-13/h6-7,9-10,12H,2-5,8,11H2,1H3,(H,16,17)/b10-9+. The molecule has 110 valence electrons. The third-order valence-corrected chi connectivity index (χ3v) is 2.60. The number of amides is 1. The largest absolute Gasteiger partial charge is 0.466 e. The van der Waals surface area contributed by atoms with E-state index in [0.29, 0.717) is 25.3 Å². The summed E-state index contributed by atoms with van der Waals surface area (Å²) in [7, 11) is 0. The number of unbranched alkanes of at least 4 members (excludes halogenated alkanes) is 2. The molecule has 0 radical (unpaired) electrons. The molecule has 1 amide bonds. The molecule has 0 aromatic carbocycles. The molecular weight excluding hydrogens is 258 g/mol. The topological polar surface area (TPSA) is 68.5 Å². The van der Waals surface area contributed by atoms with Gasteiger partial charge in [-0.1, -0.05) is 6.42 Å². The van der Waals surface area contributed by atoms with Gasteiger partial charge >= 0.3 is 5.97 Å². The summed E-state index contributed by atoms with van der Waals surface area (Å²) >= 11 is 0. The molecule has 0 saturated carbocycles. The normalized spacial score (nSPS) is 10.7. The van der Waals surface area contributed by atoms with Crippen LogP contribution in [0.1, 0.15) is 38.4 Å². The van der Waals surface area contributed by atoms with Crippen LogP contribution in [0.3, 0.4) is 0 Å². The Morgan fingerprint density at radius 3 is 2.90 bits per heavy atom. The Bertz CT molecular complexity index is 423. The lowest BCUT2D eigenvalue weighted by molar-refractivity contribution is -0.143. The number of esters is 1. The van der Waals surface area contributed by atoms with Gasteiger partial charge in [-0.2, -0.15) is 0 Å². The second kappa shape index (κ2) is 9.83. The predicted octanol–water partition coefficient (Wildman–Crippen LogP) is 2.53. The summed E-state index contributed by atoms with van der Waals surface area (Å²) in [5.74, 6) is 0.347. The summed E-state index contributed by atoms with van der Waals surface area (Å²) in [6, 6.07) is 3.54. The van der Waals surface area contributed by atoms with Gasteiger partial charge in [0.05, 0.1) is 12.9 Å². The van der Waals surface area contributed by atoms with Gasteiger partial charge in [0, 0.05) is 19.0 Å². The monoisotopic (exact) mass is 279 g/mol. The van der Waals surface area contributed by atoms with E-state index in [2.05, 4.69) is 5.32 Å². The highest BCUT2D eigenvalue weighted by molar-refractivity contribution is 5.91. The van der Waals surface area contributed by atoms with Gasteiger partial charge in [-0.15, -0.1) is 0 Å². The van der Waals surface area contributed by atoms with Gasteiger partial charge in [0.1, 0.15) is 5.76 Å². The summed E-state index contributed by atoms with van der Waals surface area (Å²) in [6.45, 7) is 2.82. The van der Waals surface area contributed by atoms with Crippen LogP contribution in [0.15, 0.2) is 28.9 Å². The molecule has 1 N–H and O–H groups in total. The van der Waals surface area contributed by atoms with Gasteiger partial charge in [-0.3, -0.25) is 9.59 Å². The third-order valence-electron chi connectivity index (χ3n) is 2.60. The van der Waals surface area contributed by atoms with Crippen molar-refractivity contribution in [1.82, 2.24) is 5.32 Å². The first-order valence-electron chi connectivity index (χ1n) is 6.87. The zero-order chi connectivity index (χ0) is 14.6. The molecule has 0 aliphatic carbocycles. The fraction of sp³-hybridized carbons (Fsp3) is 0.467. The summed E-state index contributed by atoms with van der Waals surface area (Å²) < 4.78 is 9.90. The fourth-order valence-corrected chi connectivity index (χ4v) is 1.62. The summed E-state index contributed by atoms with van der Waals surface area (Å²) in [4.78, 5) is 22.5. The Kier molecular flexibility index (Phi) is 7.87. The van der Waals surface area contributed by atoms with E-state index in [9.17, 15) is 9.59 Å². The van der Waals surface area contributed by atoms with E-state index in [1.165, 1.54) is 6.08 Å². The molecule has 1 heterocycles. The molecule has 1 rings (SSSR count). The fourth-order valence-electron chi connectivity index (χ4n) is 1.62. The van der Waals surface area contributed by atoms with E-state index in [0.717, 1.165) is 19.3 Å². The summed E-state index contributed by atoms with van der Waals surface area (Å²) in [5.41, 5.74) is 0. The number of carbonyl (C=O) groups is 2. The lowest BCUT2D eigenvalue weighted by atomic mass is 10.2. The predicted molar refractivity (Wildman–Crippen MR) is 75.9 cm³/mol. The van der Waals surface area contributed by atoms with E-state index in [1.54, 1.807) is 31.4 Å². The van der Waals surface area contributed by atoms with E-state index in [1.807, 2.05) is 0 Å². The quantitative estimate of drug-likeness (QED) is 0.428. The van der Waals surface area contributed by atoms with Gasteiger partial charge in [0.25, 0.3) is 0 Å². The van der Waals surface area contributed by atoms with Crippen molar-refractivity contribution in [2.45, 2.75) is 32.6 Å². The van der Waals surface area contributed by atoms with Crippen LogP contribution in [0, 0.1) is 0 Å². The molecule has 1 aromatic rings. The number of ether oxygens (including phenoxy) is 1. The zero-order valence-corrected chi connectivity index (χ0v) is 11.8. The van der Waals surface area contributed by atoms with Crippen LogP contribution in [0.25, 0.3) is 6.08 Å². The molecule has 5 nitrogen and oxygen atoms in total. The first-order chi connectivity index (χ1) is 9.72. The van der Waals surface area contributed by atoms with Crippen molar-refractivity contribution in [3.05, 3.63) is 30.2 Å². The van der Waals surface area contributed by atoms with Gasteiger partial charge in [0.15, 0.2) is 0 Å². The van der Waals surface area contributed by atoms with Crippen molar-refractivity contribution in [3.63, 3.8) is 0 Å². The number of furan rings is 1. The molecule has 0 spiro atoms. The number of nitrogens with one attached hydrogen (secondary N) is 1. The van der Waals surface area contributed by atoms with Crippen LogP contribution < -0.4 is 5.32 Å². The number of carbonyl (C=O) groups excluding carboxylic acids is 2. The van der Waals surface area contributed by atoms with E-state index in [-0.39, 0.29) is 11.9 Å². The van der Waals surface area contributed by atoms with Gasteiger partial charge < -0.3 is 14.5 Å².